The van der Waals surface area contributed by atoms with Gasteiger partial charge in [-0.15, -0.1) is 0 Å². The topological polar surface area (TPSA) is 85.2 Å². The summed E-state index contributed by atoms with van der Waals surface area (Å²) in [5.74, 6) is -0.410. The molecule has 1 atom stereocenters. The maximum Gasteiger partial charge on any atom is 0.270 e. The molecule has 1 aromatic carbocycles. The molecule has 0 saturated heterocycles. The minimum absolute atomic E-state index is 0.0462. The van der Waals surface area contributed by atoms with Gasteiger partial charge in [-0.1, -0.05) is 60.5 Å². The summed E-state index contributed by atoms with van der Waals surface area (Å²) in [6.07, 6.45) is 5.09. The summed E-state index contributed by atoms with van der Waals surface area (Å²) >= 11 is 0. The minimum Gasteiger partial charge on any atom is -0.385 e. The van der Waals surface area contributed by atoms with Crippen LogP contribution in [0.15, 0.2) is 30.5 Å². The van der Waals surface area contributed by atoms with E-state index < -0.39 is 6.04 Å². The number of aromatic nitrogens is 2. The molecule has 7 heteroatoms. The first-order valence-electron chi connectivity index (χ1n) is 13.5. The third-order valence-electron chi connectivity index (χ3n) is 6.01. The van der Waals surface area contributed by atoms with Crippen LogP contribution in [-0.2, 0) is 22.4 Å². The van der Waals surface area contributed by atoms with Crippen molar-refractivity contribution in [3.63, 3.8) is 0 Å². The van der Waals surface area contributed by atoms with Crippen molar-refractivity contribution in [3.8, 4) is 0 Å². The zero-order chi connectivity index (χ0) is 27.7. The molecule has 204 valence electrons. The molecule has 1 aromatic heterocycles. The zero-order valence-electron chi connectivity index (χ0n) is 24.3. The molecule has 0 aliphatic heterocycles. The number of benzene rings is 1. The fourth-order valence-electron chi connectivity index (χ4n) is 3.88. The summed E-state index contributed by atoms with van der Waals surface area (Å²) in [4.78, 5) is 26.2. The Bertz CT molecular complexity index is 886. The zero-order valence-corrected chi connectivity index (χ0v) is 24.3. The van der Waals surface area contributed by atoms with E-state index in [0.29, 0.717) is 5.69 Å². The average Bonchev–Trinajstić information content (AvgIpc) is 3.40. The average molecular weight is 503 g/mol. The van der Waals surface area contributed by atoms with E-state index in [0.717, 1.165) is 38.0 Å². The molecular formula is C29H50N4O3. The van der Waals surface area contributed by atoms with Crippen molar-refractivity contribution in [2.24, 2.45) is 5.92 Å². The number of nitrogens with zero attached hydrogens (tertiary/aromatic N) is 2. The van der Waals surface area contributed by atoms with Crippen molar-refractivity contribution in [1.82, 2.24) is 15.1 Å². The van der Waals surface area contributed by atoms with E-state index in [4.69, 9.17) is 0 Å². The van der Waals surface area contributed by atoms with Gasteiger partial charge in [0.15, 0.2) is 0 Å². The SMILES string of the molecule is CC.CCOC.CCc1ccc(NC(=O)C(NC(=O)c2ccnn2C(C)C)C(CC)CC)cc1CC. The van der Waals surface area contributed by atoms with Gasteiger partial charge in [0.05, 0.1) is 0 Å². The number of hydrogen-bond donors (Lipinski definition) is 2. The highest BCUT2D eigenvalue weighted by Gasteiger charge is 2.29. The van der Waals surface area contributed by atoms with Gasteiger partial charge in [-0.25, -0.2) is 0 Å². The third-order valence-corrected chi connectivity index (χ3v) is 6.01. The van der Waals surface area contributed by atoms with Crippen molar-refractivity contribution >= 4 is 17.5 Å². The summed E-state index contributed by atoms with van der Waals surface area (Å²) in [6.45, 7) is 19.1. The Balaban J connectivity index is 0.00000185. The Hall–Kier alpha value is -2.67. The summed E-state index contributed by atoms with van der Waals surface area (Å²) in [5.41, 5.74) is 3.77. The van der Waals surface area contributed by atoms with Gasteiger partial charge in [0, 0.05) is 31.6 Å². The van der Waals surface area contributed by atoms with Crippen LogP contribution in [0.1, 0.15) is 103 Å². The van der Waals surface area contributed by atoms with E-state index in [9.17, 15) is 9.59 Å². The highest BCUT2D eigenvalue weighted by molar-refractivity contribution is 6.00. The molecule has 0 bridgehead atoms. The van der Waals surface area contributed by atoms with Crippen molar-refractivity contribution in [1.29, 1.82) is 0 Å². The molecule has 1 heterocycles. The van der Waals surface area contributed by atoms with Crippen molar-refractivity contribution in [2.45, 2.75) is 100 Å². The molecule has 2 amide bonds. The number of carbonyl (C=O) groups excluding carboxylic acids is 2. The fraction of sp³-hybridized carbons (Fsp3) is 0.621. The highest BCUT2D eigenvalue weighted by Crippen LogP contribution is 2.20. The van der Waals surface area contributed by atoms with Crippen LogP contribution in [0, 0.1) is 5.92 Å². The Morgan fingerprint density at radius 2 is 1.56 bits per heavy atom. The maximum absolute atomic E-state index is 13.2. The lowest BCUT2D eigenvalue weighted by molar-refractivity contribution is -0.119. The second-order valence-electron chi connectivity index (χ2n) is 8.54. The number of nitrogens with one attached hydrogen (secondary N) is 2. The first-order chi connectivity index (χ1) is 17.3. The summed E-state index contributed by atoms with van der Waals surface area (Å²) < 4.78 is 6.22. The van der Waals surface area contributed by atoms with E-state index in [2.05, 4.69) is 40.4 Å². The first-order valence-corrected chi connectivity index (χ1v) is 13.5. The number of hydrogen-bond acceptors (Lipinski definition) is 4. The molecule has 2 aromatic rings. The van der Waals surface area contributed by atoms with Gasteiger partial charge in [0.25, 0.3) is 5.91 Å². The van der Waals surface area contributed by atoms with Crippen LogP contribution in [0.25, 0.3) is 0 Å². The molecule has 0 fully saturated rings. The van der Waals surface area contributed by atoms with E-state index >= 15 is 0 Å². The Morgan fingerprint density at radius 1 is 0.972 bits per heavy atom. The van der Waals surface area contributed by atoms with Crippen LogP contribution in [0.4, 0.5) is 5.69 Å². The number of methoxy groups -OCH3 is 1. The monoisotopic (exact) mass is 502 g/mol. The van der Waals surface area contributed by atoms with Crippen molar-refractivity contribution in [3.05, 3.63) is 47.3 Å². The van der Waals surface area contributed by atoms with Crippen LogP contribution < -0.4 is 10.6 Å². The van der Waals surface area contributed by atoms with E-state index in [1.165, 1.54) is 11.1 Å². The van der Waals surface area contributed by atoms with E-state index in [1.54, 1.807) is 24.1 Å². The van der Waals surface area contributed by atoms with Crippen LogP contribution >= 0.6 is 0 Å². The number of amides is 2. The summed E-state index contributed by atoms with van der Waals surface area (Å²) in [5, 5.41) is 10.2. The molecule has 0 saturated carbocycles. The third kappa shape index (κ3) is 10.1. The lowest BCUT2D eigenvalue weighted by atomic mass is 9.93. The van der Waals surface area contributed by atoms with Gasteiger partial charge >= 0.3 is 0 Å². The smallest absolute Gasteiger partial charge is 0.270 e. The minimum atomic E-state index is -0.612. The molecule has 0 aliphatic carbocycles. The lowest BCUT2D eigenvalue weighted by Crippen LogP contribution is -2.48. The molecule has 0 radical (unpaired) electrons. The molecule has 7 nitrogen and oxygen atoms in total. The first kappa shape index (κ1) is 33.3. The predicted molar refractivity (Wildman–Crippen MR) is 151 cm³/mol. The van der Waals surface area contributed by atoms with Crippen molar-refractivity contribution in [2.75, 3.05) is 19.0 Å². The van der Waals surface area contributed by atoms with Gasteiger partial charge in [-0.05, 0) is 68.9 Å². The molecule has 0 spiro atoms. The second-order valence-corrected chi connectivity index (χ2v) is 8.54. The quantitative estimate of drug-likeness (QED) is 0.370. The van der Waals surface area contributed by atoms with Crippen LogP contribution in [-0.4, -0.2) is 41.4 Å². The molecule has 0 aliphatic rings. The second kappa shape index (κ2) is 18.6. The molecule has 36 heavy (non-hydrogen) atoms. The van der Waals surface area contributed by atoms with Gasteiger partial charge in [-0.3, -0.25) is 14.3 Å². The normalized spacial score (nSPS) is 11.2. The highest BCUT2D eigenvalue weighted by atomic mass is 16.5. The number of aryl methyl sites for hydroxylation is 2. The number of rotatable bonds is 11. The van der Waals surface area contributed by atoms with Crippen LogP contribution in [0.2, 0.25) is 0 Å². The Morgan fingerprint density at radius 3 is 2.03 bits per heavy atom. The number of ether oxygens (including phenoxy) is 1. The fourth-order valence-corrected chi connectivity index (χ4v) is 3.88. The standard InChI is InChI=1S/C24H36N4O2.C3H8O.C2H6/c1-7-17(8-2)22(27-23(29)21-13-14-25-28(21)16(5)6)24(30)26-20-12-11-18(9-3)19(10-4)15-20;1-3-4-2;1-2/h11-17,22H,7-10H2,1-6H3,(H,26,30)(H,27,29);3H2,1-2H3;1-2H3. The lowest BCUT2D eigenvalue weighted by Gasteiger charge is -2.26. The molecule has 1 unspecified atom stereocenters. The number of carbonyl (C=O) groups is 2. The van der Waals surface area contributed by atoms with Crippen LogP contribution in [0.3, 0.4) is 0 Å². The van der Waals surface area contributed by atoms with Gasteiger partial charge < -0.3 is 15.4 Å². The Labute approximate surface area is 219 Å². The van der Waals surface area contributed by atoms with E-state index in [-0.39, 0.29) is 23.8 Å². The van der Waals surface area contributed by atoms with Gasteiger partial charge in [0.2, 0.25) is 5.91 Å². The molecular weight excluding hydrogens is 452 g/mol. The molecule has 2 N–H and O–H groups in total. The van der Waals surface area contributed by atoms with Gasteiger partial charge in [-0.2, -0.15) is 5.10 Å². The molecule has 2 rings (SSSR count). The summed E-state index contributed by atoms with van der Waals surface area (Å²) in [7, 11) is 1.68. The summed E-state index contributed by atoms with van der Waals surface area (Å²) in [6, 6.07) is 7.19. The van der Waals surface area contributed by atoms with Crippen molar-refractivity contribution < 1.29 is 14.3 Å². The van der Waals surface area contributed by atoms with Gasteiger partial charge in [0.1, 0.15) is 11.7 Å². The van der Waals surface area contributed by atoms with E-state index in [1.807, 2.05) is 60.6 Å². The largest absolute Gasteiger partial charge is 0.385 e. The number of anilines is 1. The predicted octanol–water partition coefficient (Wildman–Crippen LogP) is 6.44. The maximum atomic E-state index is 13.2. The Kier molecular flexibility index (Phi) is 17.2. The van der Waals surface area contributed by atoms with Crippen LogP contribution in [0.5, 0.6) is 0 Å².